The molecule has 0 aliphatic carbocycles. The van der Waals surface area contributed by atoms with Crippen LogP contribution in [0.4, 0.5) is 48.7 Å². The Hall–Kier alpha value is -4.71. The van der Waals surface area contributed by atoms with Crippen LogP contribution in [-0.2, 0) is 36.8 Å². The summed E-state index contributed by atoms with van der Waals surface area (Å²) in [6, 6.07) is 6.91. The van der Waals surface area contributed by atoms with Gasteiger partial charge in [-0.3, -0.25) is 4.79 Å². The smallest absolute Gasteiger partial charge is 0.407 e. The molecule has 0 bridgehead atoms. The number of carbonyl (C=O) groups excluding carboxylic acids is 3. The number of ether oxygens (including phenoxy) is 4. The number of rotatable bonds is 14. The van der Waals surface area contributed by atoms with E-state index in [0.29, 0.717) is 5.56 Å². The van der Waals surface area contributed by atoms with Crippen LogP contribution in [0.2, 0.25) is 0 Å². The van der Waals surface area contributed by atoms with E-state index in [1.807, 2.05) is 0 Å². The van der Waals surface area contributed by atoms with Crippen LogP contribution in [0, 0.1) is 58.2 Å². The van der Waals surface area contributed by atoms with Crippen LogP contribution in [0.1, 0.15) is 11.1 Å². The summed E-state index contributed by atoms with van der Waals surface area (Å²) in [7, 11) is 0. The van der Waals surface area contributed by atoms with Gasteiger partial charge in [-0.2, -0.15) is 8.78 Å². The van der Waals surface area contributed by atoms with Gasteiger partial charge in [-0.1, -0.05) is 30.3 Å². The summed E-state index contributed by atoms with van der Waals surface area (Å²) in [4.78, 5) is 36.4. The summed E-state index contributed by atoms with van der Waals surface area (Å²) in [5.41, 5.74) is -0.851. The first kappa shape index (κ1) is 35.8. The molecule has 0 aromatic heterocycles. The molecule has 46 heavy (non-hydrogen) atoms. The van der Waals surface area contributed by atoms with Gasteiger partial charge in [0, 0.05) is 12.0 Å². The fourth-order valence-corrected chi connectivity index (χ4v) is 3.53. The number of benzene rings is 3. The largest absolute Gasteiger partial charge is 0.445 e. The SMILES string of the molecule is O=C(COCC(COCC(=O)Oc1c(F)c(F)c(F)c(F)c1F)NC(=O)OCc1ccccc1)Cc1c(F)c(F)c(F)c(F)c1F. The molecule has 3 aromatic rings. The van der Waals surface area contributed by atoms with Crippen molar-refractivity contribution in [2.24, 2.45) is 0 Å². The molecule has 0 heterocycles. The summed E-state index contributed by atoms with van der Waals surface area (Å²) in [6.45, 7) is -3.78. The first-order valence-corrected chi connectivity index (χ1v) is 12.6. The van der Waals surface area contributed by atoms with Crippen molar-refractivity contribution in [1.82, 2.24) is 5.32 Å². The lowest BCUT2D eigenvalue weighted by atomic mass is 10.1. The number of esters is 1. The monoisotopic (exact) mass is 671 g/mol. The Kier molecular flexibility index (Phi) is 12.5. The summed E-state index contributed by atoms with van der Waals surface area (Å²) >= 11 is 0. The molecule has 3 rings (SSSR count). The van der Waals surface area contributed by atoms with Gasteiger partial charge < -0.3 is 24.3 Å². The number of ketones is 1. The van der Waals surface area contributed by atoms with Crippen molar-refractivity contribution in [1.29, 1.82) is 0 Å². The molecule has 0 spiro atoms. The van der Waals surface area contributed by atoms with Crippen molar-refractivity contribution >= 4 is 17.8 Å². The fraction of sp³-hybridized carbons (Fsp3) is 0.250. The van der Waals surface area contributed by atoms with Crippen molar-refractivity contribution in [2.45, 2.75) is 19.1 Å². The van der Waals surface area contributed by atoms with Crippen molar-refractivity contribution in [3.05, 3.63) is 99.6 Å². The standard InChI is InChI=1S/C28H19F10NO7/c29-17-15(18(30)20(32)21(33)19(17)31)6-14(40)10-43-8-13(39-28(42)45-7-12-4-2-1-3-5-12)9-44-11-16(41)46-27-25(37)23(35)22(34)24(36)26(27)38/h1-5,13H,6-11H2,(H,39,42). The van der Waals surface area contributed by atoms with Gasteiger partial charge in [-0.25, -0.2) is 44.7 Å². The normalized spacial score (nSPS) is 11.7. The molecule has 1 atom stereocenters. The van der Waals surface area contributed by atoms with E-state index in [1.54, 1.807) is 30.3 Å². The van der Waals surface area contributed by atoms with Gasteiger partial charge >= 0.3 is 12.1 Å². The van der Waals surface area contributed by atoms with Crippen LogP contribution in [0.25, 0.3) is 0 Å². The third-order valence-corrected chi connectivity index (χ3v) is 5.72. The lowest BCUT2D eigenvalue weighted by Gasteiger charge is -2.19. The van der Waals surface area contributed by atoms with Gasteiger partial charge in [0.1, 0.15) is 19.8 Å². The Morgan fingerprint density at radius 1 is 0.630 bits per heavy atom. The zero-order valence-corrected chi connectivity index (χ0v) is 22.8. The molecule has 0 saturated carbocycles. The topological polar surface area (TPSA) is 100 Å². The lowest BCUT2D eigenvalue weighted by molar-refractivity contribution is -0.140. The quantitative estimate of drug-likeness (QED) is 0.0835. The number of halogens is 10. The number of hydrogen-bond acceptors (Lipinski definition) is 7. The van der Waals surface area contributed by atoms with Gasteiger partial charge in [-0.15, -0.1) is 0 Å². The van der Waals surface area contributed by atoms with Gasteiger partial charge in [0.2, 0.25) is 40.7 Å². The molecule has 248 valence electrons. The number of alkyl carbamates (subject to hydrolysis) is 1. The van der Waals surface area contributed by atoms with Crippen molar-refractivity contribution in [3.63, 3.8) is 0 Å². The molecule has 0 radical (unpaired) electrons. The lowest BCUT2D eigenvalue weighted by Crippen LogP contribution is -2.42. The Labute approximate surface area is 251 Å². The fourth-order valence-electron chi connectivity index (χ4n) is 3.53. The molecule has 1 unspecified atom stereocenters. The van der Waals surface area contributed by atoms with Crippen LogP contribution in [0.5, 0.6) is 5.75 Å². The number of amides is 1. The van der Waals surface area contributed by atoms with E-state index < -0.39 is 126 Å². The maximum atomic E-state index is 13.9. The highest BCUT2D eigenvalue weighted by atomic mass is 19.2. The van der Waals surface area contributed by atoms with Crippen LogP contribution in [-0.4, -0.2) is 50.3 Å². The second-order valence-corrected chi connectivity index (χ2v) is 9.07. The molecule has 18 heteroatoms. The van der Waals surface area contributed by atoms with Gasteiger partial charge in [0.05, 0.1) is 19.3 Å². The minimum Gasteiger partial charge on any atom is -0.445 e. The van der Waals surface area contributed by atoms with E-state index in [-0.39, 0.29) is 6.61 Å². The van der Waals surface area contributed by atoms with Crippen LogP contribution in [0.3, 0.4) is 0 Å². The molecule has 8 nitrogen and oxygen atoms in total. The van der Waals surface area contributed by atoms with Crippen molar-refractivity contribution in [3.8, 4) is 5.75 Å². The first-order valence-electron chi connectivity index (χ1n) is 12.6. The number of carbonyl (C=O) groups is 3. The minimum atomic E-state index is -2.50. The third-order valence-electron chi connectivity index (χ3n) is 5.72. The molecule has 3 aromatic carbocycles. The predicted molar refractivity (Wildman–Crippen MR) is 132 cm³/mol. The first-order chi connectivity index (χ1) is 21.7. The molecule has 1 amide bonds. The Morgan fingerprint density at radius 2 is 1.11 bits per heavy atom. The highest BCUT2D eigenvalue weighted by molar-refractivity contribution is 5.82. The van der Waals surface area contributed by atoms with E-state index in [2.05, 4.69) is 10.1 Å². The average Bonchev–Trinajstić information content (AvgIpc) is 3.04. The van der Waals surface area contributed by atoms with Crippen LogP contribution in [0.15, 0.2) is 30.3 Å². The summed E-state index contributed by atoms with van der Waals surface area (Å²) in [5.74, 6) is -28.3. The number of nitrogens with one attached hydrogen (secondary N) is 1. The van der Waals surface area contributed by atoms with E-state index in [0.717, 1.165) is 0 Å². The molecular weight excluding hydrogens is 652 g/mol. The molecular formula is C28H19F10NO7. The zero-order valence-electron chi connectivity index (χ0n) is 22.8. The van der Waals surface area contributed by atoms with Crippen molar-refractivity contribution < 1.29 is 77.2 Å². The summed E-state index contributed by atoms with van der Waals surface area (Å²) in [6.07, 6.45) is -2.37. The average molecular weight is 671 g/mol. The van der Waals surface area contributed by atoms with E-state index in [9.17, 15) is 58.3 Å². The number of Topliss-reactive ketones (excluding diaryl/α,β-unsaturated/α-hetero) is 1. The Balaban J connectivity index is 1.60. The summed E-state index contributed by atoms with van der Waals surface area (Å²) < 4.78 is 154. The third kappa shape index (κ3) is 8.94. The summed E-state index contributed by atoms with van der Waals surface area (Å²) in [5, 5.41) is 2.22. The minimum absolute atomic E-state index is 0.226. The second-order valence-electron chi connectivity index (χ2n) is 9.07. The van der Waals surface area contributed by atoms with E-state index in [4.69, 9.17) is 14.2 Å². The second kappa shape index (κ2) is 16.0. The highest BCUT2D eigenvalue weighted by Gasteiger charge is 2.29. The zero-order chi connectivity index (χ0) is 34.1. The maximum Gasteiger partial charge on any atom is 0.407 e. The molecule has 1 N–H and O–H groups in total. The van der Waals surface area contributed by atoms with Crippen LogP contribution >= 0.6 is 0 Å². The Morgan fingerprint density at radius 3 is 1.65 bits per heavy atom. The number of hydrogen-bond donors (Lipinski definition) is 1. The molecule has 0 aliphatic rings. The molecule has 0 aliphatic heterocycles. The van der Waals surface area contributed by atoms with Crippen molar-refractivity contribution in [2.75, 3.05) is 26.4 Å². The molecule has 0 fully saturated rings. The van der Waals surface area contributed by atoms with Gasteiger partial charge in [-0.05, 0) is 5.56 Å². The van der Waals surface area contributed by atoms with Gasteiger partial charge in [0.25, 0.3) is 0 Å². The van der Waals surface area contributed by atoms with Crippen LogP contribution < -0.4 is 10.1 Å². The van der Waals surface area contributed by atoms with E-state index >= 15 is 0 Å². The highest BCUT2D eigenvalue weighted by Crippen LogP contribution is 2.29. The Bertz CT molecular complexity index is 1460. The van der Waals surface area contributed by atoms with E-state index in [1.165, 1.54) is 0 Å². The maximum absolute atomic E-state index is 13.9. The van der Waals surface area contributed by atoms with Gasteiger partial charge in [0.15, 0.2) is 29.1 Å². The molecule has 0 saturated heterocycles. The predicted octanol–water partition coefficient (Wildman–Crippen LogP) is 5.12.